The average Bonchev–Trinajstić information content (AvgIpc) is 2.42. The number of rotatable bonds is 1. The van der Waals surface area contributed by atoms with Crippen molar-refractivity contribution >= 4 is 5.91 Å². The van der Waals surface area contributed by atoms with Gasteiger partial charge in [0.1, 0.15) is 0 Å². The van der Waals surface area contributed by atoms with E-state index < -0.39 is 5.54 Å². The molecule has 4 N–H and O–H groups in total. The Balaban J connectivity index is 0.000000461. The van der Waals surface area contributed by atoms with Crippen LogP contribution in [0.4, 0.5) is 0 Å². The van der Waals surface area contributed by atoms with E-state index in [1.807, 2.05) is 13.8 Å². The smallest absolute Gasteiger partial charge is 0.237 e. The molecule has 66 valence electrons. The fourth-order valence-corrected chi connectivity index (χ4v) is 1.25. The molecule has 3 nitrogen and oxygen atoms in total. The molecule has 0 heterocycles. The van der Waals surface area contributed by atoms with E-state index >= 15 is 0 Å². The first-order chi connectivity index (χ1) is 5.15. The van der Waals surface area contributed by atoms with Gasteiger partial charge in [-0.15, -0.1) is 0 Å². The van der Waals surface area contributed by atoms with Gasteiger partial charge in [-0.3, -0.25) is 4.79 Å². The molecule has 1 fully saturated rings. The van der Waals surface area contributed by atoms with Crippen LogP contribution in [0, 0.1) is 0 Å². The fraction of sp³-hybridized carbons (Fsp3) is 0.875. The van der Waals surface area contributed by atoms with E-state index in [1.54, 1.807) is 0 Å². The van der Waals surface area contributed by atoms with Crippen LogP contribution in [0.15, 0.2) is 0 Å². The second-order valence-corrected chi connectivity index (χ2v) is 2.73. The molecule has 0 saturated heterocycles. The topological polar surface area (TPSA) is 69.1 Å². The highest BCUT2D eigenvalue weighted by Crippen LogP contribution is 2.26. The van der Waals surface area contributed by atoms with Crippen LogP contribution in [0.25, 0.3) is 0 Å². The Labute approximate surface area is 68.1 Å². The Bertz CT molecular complexity index is 128. The zero-order valence-electron chi connectivity index (χ0n) is 7.39. The SMILES string of the molecule is CC.NC(=O)C1(N)CCCC1. The number of amides is 1. The molecular weight excluding hydrogens is 140 g/mol. The molecule has 1 aliphatic carbocycles. The van der Waals surface area contributed by atoms with Crippen LogP contribution in [-0.2, 0) is 4.79 Å². The molecule has 0 radical (unpaired) electrons. The Morgan fingerprint density at radius 2 is 1.64 bits per heavy atom. The Kier molecular flexibility index (Phi) is 4.11. The first kappa shape index (κ1) is 10.4. The minimum Gasteiger partial charge on any atom is -0.368 e. The lowest BCUT2D eigenvalue weighted by Crippen LogP contribution is -2.49. The van der Waals surface area contributed by atoms with Crippen LogP contribution in [0.3, 0.4) is 0 Å². The highest BCUT2D eigenvalue weighted by Gasteiger charge is 2.34. The summed E-state index contributed by atoms with van der Waals surface area (Å²) in [6.07, 6.45) is 3.61. The zero-order chi connectivity index (χ0) is 8.91. The Hall–Kier alpha value is -0.570. The molecule has 1 aliphatic rings. The normalized spacial score (nSPS) is 20.3. The molecule has 3 heteroatoms. The van der Waals surface area contributed by atoms with E-state index in [2.05, 4.69) is 0 Å². The van der Waals surface area contributed by atoms with Gasteiger partial charge in [0.25, 0.3) is 0 Å². The summed E-state index contributed by atoms with van der Waals surface area (Å²) in [6, 6.07) is 0. The van der Waals surface area contributed by atoms with E-state index in [0.29, 0.717) is 0 Å². The number of nitrogens with two attached hydrogens (primary N) is 2. The monoisotopic (exact) mass is 158 g/mol. The van der Waals surface area contributed by atoms with Crippen LogP contribution in [-0.4, -0.2) is 11.4 Å². The maximum atomic E-state index is 10.6. The van der Waals surface area contributed by atoms with Gasteiger partial charge in [0.2, 0.25) is 5.91 Å². The molecule has 0 spiro atoms. The van der Waals surface area contributed by atoms with Gasteiger partial charge in [-0.25, -0.2) is 0 Å². The summed E-state index contributed by atoms with van der Waals surface area (Å²) in [4.78, 5) is 10.6. The van der Waals surface area contributed by atoms with Gasteiger partial charge in [0, 0.05) is 0 Å². The van der Waals surface area contributed by atoms with Crippen molar-refractivity contribution in [3.63, 3.8) is 0 Å². The third kappa shape index (κ3) is 2.50. The van der Waals surface area contributed by atoms with Crippen molar-refractivity contribution in [1.29, 1.82) is 0 Å². The summed E-state index contributed by atoms with van der Waals surface area (Å²) in [5.41, 5.74) is 10.0. The standard InChI is InChI=1S/C6H12N2O.C2H6/c7-5(9)6(8)3-1-2-4-6;1-2/h1-4,8H2,(H2,7,9);1-2H3. The van der Waals surface area contributed by atoms with Crippen molar-refractivity contribution < 1.29 is 4.79 Å². The average molecular weight is 158 g/mol. The molecule has 0 unspecified atom stereocenters. The first-order valence-electron chi connectivity index (χ1n) is 4.24. The molecule has 0 bridgehead atoms. The van der Waals surface area contributed by atoms with Gasteiger partial charge in [-0.1, -0.05) is 26.7 Å². The molecule has 11 heavy (non-hydrogen) atoms. The number of primary amides is 1. The summed E-state index contributed by atoms with van der Waals surface area (Å²) in [5.74, 6) is -0.347. The third-order valence-corrected chi connectivity index (χ3v) is 1.99. The molecule has 0 aromatic rings. The molecule has 0 atom stereocenters. The maximum Gasteiger partial charge on any atom is 0.237 e. The van der Waals surface area contributed by atoms with Gasteiger partial charge in [0.15, 0.2) is 0 Å². The zero-order valence-corrected chi connectivity index (χ0v) is 7.39. The van der Waals surface area contributed by atoms with Gasteiger partial charge >= 0.3 is 0 Å². The lowest BCUT2D eigenvalue weighted by molar-refractivity contribution is -0.122. The van der Waals surface area contributed by atoms with E-state index in [-0.39, 0.29) is 5.91 Å². The second kappa shape index (κ2) is 4.34. The molecule has 1 saturated carbocycles. The van der Waals surface area contributed by atoms with Gasteiger partial charge in [-0.2, -0.15) is 0 Å². The highest BCUT2D eigenvalue weighted by molar-refractivity contribution is 5.84. The fourth-order valence-electron chi connectivity index (χ4n) is 1.25. The molecular formula is C8H18N2O. The van der Waals surface area contributed by atoms with E-state index in [9.17, 15) is 4.79 Å². The van der Waals surface area contributed by atoms with Gasteiger partial charge in [-0.05, 0) is 12.8 Å². The Morgan fingerprint density at radius 3 is 1.82 bits per heavy atom. The van der Waals surface area contributed by atoms with Crippen LogP contribution in [0.1, 0.15) is 39.5 Å². The van der Waals surface area contributed by atoms with Crippen LogP contribution in [0.5, 0.6) is 0 Å². The molecule has 1 amide bonds. The van der Waals surface area contributed by atoms with E-state index in [0.717, 1.165) is 25.7 Å². The largest absolute Gasteiger partial charge is 0.368 e. The lowest BCUT2D eigenvalue weighted by Gasteiger charge is -2.17. The quantitative estimate of drug-likeness (QED) is 0.591. The predicted octanol–water partition coefficient (Wildman–Crippen LogP) is 0.769. The highest BCUT2D eigenvalue weighted by atomic mass is 16.1. The maximum absolute atomic E-state index is 10.6. The summed E-state index contributed by atoms with van der Waals surface area (Å²) in [7, 11) is 0. The van der Waals surface area contributed by atoms with Crippen LogP contribution >= 0.6 is 0 Å². The second-order valence-electron chi connectivity index (χ2n) is 2.73. The molecule has 0 aromatic heterocycles. The van der Waals surface area contributed by atoms with Crippen molar-refractivity contribution in [3.8, 4) is 0 Å². The first-order valence-corrected chi connectivity index (χ1v) is 4.24. The molecule has 0 aromatic carbocycles. The third-order valence-electron chi connectivity index (χ3n) is 1.99. The minimum atomic E-state index is -0.667. The van der Waals surface area contributed by atoms with Crippen molar-refractivity contribution in [2.45, 2.75) is 45.1 Å². The summed E-state index contributed by atoms with van der Waals surface area (Å²) < 4.78 is 0. The summed E-state index contributed by atoms with van der Waals surface area (Å²) in [6.45, 7) is 4.00. The number of hydrogen-bond donors (Lipinski definition) is 2. The van der Waals surface area contributed by atoms with Gasteiger partial charge < -0.3 is 11.5 Å². The minimum absolute atomic E-state index is 0.347. The van der Waals surface area contributed by atoms with E-state index in [4.69, 9.17) is 11.5 Å². The number of carbonyl (C=O) groups is 1. The van der Waals surface area contributed by atoms with Crippen molar-refractivity contribution in [2.75, 3.05) is 0 Å². The summed E-state index contributed by atoms with van der Waals surface area (Å²) >= 11 is 0. The number of carbonyl (C=O) groups excluding carboxylic acids is 1. The Morgan fingerprint density at radius 1 is 1.27 bits per heavy atom. The van der Waals surface area contributed by atoms with E-state index in [1.165, 1.54) is 0 Å². The van der Waals surface area contributed by atoms with Crippen molar-refractivity contribution in [1.82, 2.24) is 0 Å². The predicted molar refractivity (Wildman–Crippen MR) is 45.9 cm³/mol. The number of hydrogen-bond acceptors (Lipinski definition) is 2. The van der Waals surface area contributed by atoms with Gasteiger partial charge in [0.05, 0.1) is 5.54 Å². The molecule has 1 rings (SSSR count). The lowest BCUT2D eigenvalue weighted by atomic mass is 9.99. The van der Waals surface area contributed by atoms with Crippen LogP contribution < -0.4 is 11.5 Å². The van der Waals surface area contributed by atoms with Crippen molar-refractivity contribution in [3.05, 3.63) is 0 Å². The van der Waals surface area contributed by atoms with Crippen LogP contribution in [0.2, 0.25) is 0 Å². The summed E-state index contributed by atoms with van der Waals surface area (Å²) in [5, 5.41) is 0. The van der Waals surface area contributed by atoms with Crippen molar-refractivity contribution in [2.24, 2.45) is 11.5 Å². The molecule has 0 aliphatic heterocycles.